The molecule has 0 aromatic carbocycles. The van der Waals surface area contributed by atoms with E-state index in [0.717, 1.165) is 4.90 Å². The fourth-order valence-corrected chi connectivity index (χ4v) is 2.95. The molecule has 0 unspecified atom stereocenters. The molecule has 0 aliphatic carbocycles. The Hall–Kier alpha value is -0.930. The number of piperidine rings is 1. The molecule has 24 heavy (non-hydrogen) atoms. The molecule has 0 radical (unpaired) electrons. The van der Waals surface area contributed by atoms with Crippen molar-refractivity contribution < 1.29 is 69.2 Å². The summed E-state index contributed by atoms with van der Waals surface area (Å²) in [6.07, 6.45) is -4.48. The second-order valence-electron chi connectivity index (χ2n) is 4.93. The summed E-state index contributed by atoms with van der Waals surface area (Å²) < 4.78 is 77.9. The van der Waals surface area contributed by atoms with Crippen LogP contribution in [0.1, 0.15) is 30.7 Å². The first-order chi connectivity index (χ1) is 10.6. The minimum absolute atomic E-state index is 0. The minimum Gasteiger partial charge on any atom is -0.724 e. The van der Waals surface area contributed by atoms with E-state index in [2.05, 4.69) is 18.9 Å². The van der Waals surface area contributed by atoms with E-state index in [1.54, 1.807) is 0 Å². The van der Waals surface area contributed by atoms with Gasteiger partial charge in [0.1, 0.15) is 6.04 Å². The fourth-order valence-electron chi connectivity index (χ4n) is 2.57. The van der Waals surface area contributed by atoms with Crippen molar-refractivity contribution in [2.45, 2.75) is 31.1 Å². The minimum atomic E-state index is -5.15. The van der Waals surface area contributed by atoms with Crippen LogP contribution in [-0.2, 0) is 20.9 Å². The molecule has 2 atom stereocenters. The van der Waals surface area contributed by atoms with E-state index in [1.165, 1.54) is 0 Å². The van der Waals surface area contributed by atoms with Crippen LogP contribution in [0.15, 0.2) is 4.42 Å². The molecule has 1 aromatic rings. The van der Waals surface area contributed by atoms with Crippen LogP contribution >= 0.6 is 0 Å². The van der Waals surface area contributed by atoms with Gasteiger partial charge in [0.05, 0.1) is 6.04 Å². The van der Waals surface area contributed by atoms with Crippen LogP contribution in [0.25, 0.3) is 0 Å². The second-order valence-corrected chi connectivity index (χ2v) is 5.90. The van der Waals surface area contributed by atoms with Crippen molar-refractivity contribution in [3.63, 3.8) is 0 Å². The number of carbonyl (C=O) groups excluding carboxylic acids is 1. The number of halogens is 3. The molecular formula is C9H8F3N4NaO6S. The van der Waals surface area contributed by atoms with E-state index in [0.29, 0.717) is 5.06 Å². The van der Waals surface area contributed by atoms with Gasteiger partial charge in [-0.05, 0) is 12.8 Å². The summed E-state index contributed by atoms with van der Waals surface area (Å²) in [4.78, 5) is 13.1. The van der Waals surface area contributed by atoms with E-state index in [-0.39, 0.29) is 48.9 Å². The zero-order chi connectivity index (χ0) is 17.0. The SMILES string of the molecule is O=C1N2C[C@@H](CC[C@H]2c2nnc(C(F)(F)F)o2)N1OS(=O)(=O)[O-].[Na+]. The molecule has 0 saturated carbocycles. The monoisotopic (exact) mass is 380 g/mol. The molecule has 128 valence electrons. The van der Waals surface area contributed by atoms with Gasteiger partial charge in [0.25, 0.3) is 0 Å². The Bertz CT molecular complexity index is 740. The van der Waals surface area contributed by atoms with Crippen molar-refractivity contribution in [1.29, 1.82) is 0 Å². The Morgan fingerprint density at radius 3 is 2.50 bits per heavy atom. The number of aromatic nitrogens is 2. The average molecular weight is 380 g/mol. The summed E-state index contributed by atoms with van der Waals surface area (Å²) in [5, 5.41) is 6.57. The van der Waals surface area contributed by atoms with Crippen LogP contribution in [0, 0.1) is 0 Å². The van der Waals surface area contributed by atoms with Gasteiger partial charge in [0.2, 0.25) is 16.3 Å². The maximum atomic E-state index is 12.5. The van der Waals surface area contributed by atoms with Crippen molar-refractivity contribution in [1.82, 2.24) is 20.2 Å². The van der Waals surface area contributed by atoms with Crippen LogP contribution in [0.5, 0.6) is 0 Å². The Balaban J connectivity index is 0.00000208. The van der Waals surface area contributed by atoms with Crippen LogP contribution in [0.2, 0.25) is 0 Å². The van der Waals surface area contributed by atoms with E-state index in [9.17, 15) is 30.9 Å². The topological polar surface area (TPSA) is 129 Å². The van der Waals surface area contributed by atoms with Gasteiger partial charge in [0, 0.05) is 6.54 Å². The first-order valence-corrected chi connectivity index (χ1v) is 7.55. The van der Waals surface area contributed by atoms with Gasteiger partial charge in [-0.1, -0.05) is 0 Å². The third-order valence-electron chi connectivity index (χ3n) is 3.46. The third-order valence-corrected chi connectivity index (χ3v) is 3.81. The van der Waals surface area contributed by atoms with Gasteiger partial charge in [-0.2, -0.15) is 22.5 Å². The van der Waals surface area contributed by atoms with E-state index < -0.39 is 46.5 Å². The fraction of sp³-hybridized carbons (Fsp3) is 0.667. The standard InChI is InChI=1S/C9H9F3N4O6S.Na/c10-9(11,12)7-14-13-6(21-7)5-2-1-4-3-15(5)8(17)16(4)22-23(18,19)20;/h4-5H,1-3H2,(H,18,19,20);/q;+1/p-1/t4-,5+;/m1./s1. The first-order valence-electron chi connectivity index (χ1n) is 6.22. The molecule has 0 spiro atoms. The zero-order valence-electron chi connectivity index (χ0n) is 12.1. The van der Waals surface area contributed by atoms with Crippen LogP contribution in [0.3, 0.4) is 0 Å². The zero-order valence-corrected chi connectivity index (χ0v) is 14.9. The van der Waals surface area contributed by atoms with Gasteiger partial charge in [-0.15, -0.1) is 10.2 Å². The molecule has 3 heterocycles. The number of alkyl halides is 3. The van der Waals surface area contributed by atoms with Gasteiger partial charge in [-0.25, -0.2) is 13.2 Å². The second kappa shape index (κ2) is 6.42. The van der Waals surface area contributed by atoms with Crippen molar-refractivity contribution in [2.75, 3.05) is 6.54 Å². The number of carbonyl (C=O) groups is 1. The van der Waals surface area contributed by atoms with Gasteiger partial charge >= 0.3 is 47.7 Å². The van der Waals surface area contributed by atoms with Gasteiger partial charge in [-0.3, -0.25) is 0 Å². The van der Waals surface area contributed by atoms with Crippen molar-refractivity contribution in [3.8, 4) is 0 Å². The van der Waals surface area contributed by atoms with E-state index >= 15 is 0 Å². The van der Waals surface area contributed by atoms with Crippen LogP contribution < -0.4 is 29.6 Å². The first kappa shape index (κ1) is 19.4. The maximum absolute atomic E-state index is 12.5. The molecule has 2 aliphatic rings. The molecule has 2 saturated heterocycles. The van der Waals surface area contributed by atoms with Crippen LogP contribution in [-0.4, -0.2) is 51.7 Å². The number of rotatable bonds is 3. The number of amides is 2. The summed E-state index contributed by atoms with van der Waals surface area (Å²) in [7, 11) is -5.15. The normalized spacial score (nSPS) is 24.2. The molecule has 1 aromatic heterocycles. The van der Waals surface area contributed by atoms with E-state index in [4.69, 9.17) is 0 Å². The molecule has 2 amide bonds. The number of nitrogens with zero attached hydrogens (tertiary/aromatic N) is 4. The number of fused-ring (bicyclic) bond motifs is 2. The van der Waals surface area contributed by atoms with E-state index in [1.807, 2.05) is 0 Å². The van der Waals surface area contributed by atoms with Crippen molar-refractivity contribution >= 4 is 16.4 Å². The third kappa shape index (κ3) is 3.67. The summed E-state index contributed by atoms with van der Waals surface area (Å²) in [6.45, 7) is -0.0389. The van der Waals surface area contributed by atoms with Crippen molar-refractivity contribution in [2.24, 2.45) is 0 Å². The maximum Gasteiger partial charge on any atom is 1.00 e. The Kier molecular flexibility index (Phi) is 5.19. The predicted octanol–water partition coefficient (Wildman–Crippen LogP) is -2.57. The summed E-state index contributed by atoms with van der Waals surface area (Å²) in [5.41, 5.74) is 0. The molecular weight excluding hydrogens is 372 g/mol. The van der Waals surface area contributed by atoms with Crippen LogP contribution in [0.4, 0.5) is 18.0 Å². The largest absolute Gasteiger partial charge is 1.00 e. The summed E-state index contributed by atoms with van der Waals surface area (Å²) >= 11 is 0. The molecule has 2 bridgehead atoms. The Morgan fingerprint density at radius 2 is 1.96 bits per heavy atom. The number of urea groups is 1. The summed E-state index contributed by atoms with van der Waals surface area (Å²) in [5.74, 6) is -1.97. The number of hydrogen-bond acceptors (Lipinski definition) is 8. The molecule has 3 rings (SSSR count). The smallest absolute Gasteiger partial charge is 0.724 e. The quantitative estimate of drug-likeness (QED) is 0.318. The predicted molar refractivity (Wildman–Crippen MR) is 59.8 cm³/mol. The molecule has 2 fully saturated rings. The Labute approximate surface area is 155 Å². The number of hydroxylamine groups is 2. The summed E-state index contributed by atoms with van der Waals surface area (Å²) in [6, 6.07) is -2.62. The van der Waals surface area contributed by atoms with Gasteiger partial charge < -0.3 is 13.9 Å². The van der Waals surface area contributed by atoms with Crippen molar-refractivity contribution in [3.05, 3.63) is 11.8 Å². The number of hydrogen-bond donors (Lipinski definition) is 0. The molecule has 15 heteroatoms. The Morgan fingerprint density at radius 1 is 1.29 bits per heavy atom. The van der Waals surface area contributed by atoms with Gasteiger partial charge in [0.15, 0.2) is 0 Å². The molecule has 0 N–H and O–H groups in total. The average Bonchev–Trinajstić information content (AvgIpc) is 2.99. The molecule has 10 nitrogen and oxygen atoms in total. The molecule has 2 aliphatic heterocycles.